The molecule has 0 aliphatic heterocycles. The van der Waals surface area contributed by atoms with E-state index in [9.17, 15) is 23.3 Å². The molecule has 86 valence electrons. The highest BCUT2D eigenvalue weighted by molar-refractivity contribution is 7.87. The first-order valence-electron chi connectivity index (χ1n) is 3.81. The maximum atomic E-state index is 11.2. The average Bonchev–Trinajstić information content (AvgIpc) is 2.16. The van der Waals surface area contributed by atoms with Crippen LogP contribution in [0.1, 0.15) is 0 Å². The zero-order valence-electron chi connectivity index (χ0n) is 7.69. The SMILES string of the molecule is NC(=O)OS(=O)(=O)c1ccc([N+](=O)[O-])cc1. The Morgan fingerprint density at radius 2 is 1.81 bits per heavy atom. The van der Waals surface area contributed by atoms with Crippen LogP contribution in [0.25, 0.3) is 0 Å². The predicted octanol–water partition coefficient (Wildman–Crippen LogP) is 0.379. The first kappa shape index (κ1) is 11.9. The molecule has 0 heterocycles. The highest BCUT2D eigenvalue weighted by atomic mass is 32.2. The van der Waals surface area contributed by atoms with Gasteiger partial charge in [0, 0.05) is 12.1 Å². The van der Waals surface area contributed by atoms with Crippen molar-refractivity contribution < 1.29 is 22.3 Å². The van der Waals surface area contributed by atoms with Crippen molar-refractivity contribution in [2.75, 3.05) is 0 Å². The number of non-ortho nitro benzene ring substituents is 1. The number of nitro benzene ring substituents is 1. The summed E-state index contributed by atoms with van der Waals surface area (Å²) < 4.78 is 26.3. The lowest BCUT2D eigenvalue weighted by atomic mass is 10.3. The second-order valence-electron chi connectivity index (χ2n) is 2.61. The fourth-order valence-corrected chi connectivity index (χ4v) is 1.67. The smallest absolute Gasteiger partial charge is 0.334 e. The van der Waals surface area contributed by atoms with Crippen molar-refractivity contribution >= 4 is 21.9 Å². The minimum Gasteiger partial charge on any atom is -0.334 e. The Hall–Kier alpha value is -2.16. The lowest BCUT2D eigenvalue weighted by molar-refractivity contribution is -0.384. The molecular weight excluding hydrogens is 240 g/mol. The van der Waals surface area contributed by atoms with Gasteiger partial charge < -0.3 is 9.92 Å². The molecule has 0 aliphatic rings. The third kappa shape index (κ3) is 2.67. The summed E-state index contributed by atoms with van der Waals surface area (Å²) in [5.74, 6) is 0. The van der Waals surface area contributed by atoms with Crippen LogP contribution in [-0.2, 0) is 14.3 Å². The Balaban J connectivity index is 3.07. The van der Waals surface area contributed by atoms with Crippen LogP contribution >= 0.6 is 0 Å². The molecule has 1 aromatic carbocycles. The molecule has 1 rings (SSSR count). The van der Waals surface area contributed by atoms with Crippen molar-refractivity contribution in [3.05, 3.63) is 34.4 Å². The van der Waals surface area contributed by atoms with Crippen LogP contribution in [0.4, 0.5) is 10.5 Å². The van der Waals surface area contributed by atoms with Crippen LogP contribution in [0.5, 0.6) is 0 Å². The summed E-state index contributed by atoms with van der Waals surface area (Å²) in [4.78, 5) is 19.5. The number of amides is 1. The molecule has 9 heteroatoms. The number of hydrogen-bond acceptors (Lipinski definition) is 6. The fraction of sp³-hybridized carbons (Fsp3) is 0. The molecule has 0 atom stereocenters. The van der Waals surface area contributed by atoms with Crippen LogP contribution < -0.4 is 5.73 Å². The second kappa shape index (κ2) is 4.14. The number of benzene rings is 1. The van der Waals surface area contributed by atoms with Crippen molar-refractivity contribution in [3.63, 3.8) is 0 Å². The Kier molecular flexibility index (Phi) is 3.09. The fourth-order valence-electron chi connectivity index (χ4n) is 0.891. The molecule has 2 N–H and O–H groups in total. The molecule has 0 unspecified atom stereocenters. The maximum absolute atomic E-state index is 11.2. The quantitative estimate of drug-likeness (QED) is 0.466. The van der Waals surface area contributed by atoms with Gasteiger partial charge in [-0.3, -0.25) is 10.1 Å². The molecule has 0 aromatic heterocycles. The standard InChI is InChI=1S/C7H6N2O6S/c8-7(10)15-16(13,14)6-3-1-5(2-4-6)9(11)12/h1-4H,(H2,8,10). The summed E-state index contributed by atoms with van der Waals surface area (Å²) >= 11 is 0. The van der Waals surface area contributed by atoms with E-state index in [-0.39, 0.29) is 5.69 Å². The Bertz CT molecular complexity index is 520. The molecule has 0 aliphatic carbocycles. The van der Waals surface area contributed by atoms with E-state index < -0.39 is 26.0 Å². The van der Waals surface area contributed by atoms with Crippen LogP contribution in [-0.4, -0.2) is 19.4 Å². The minimum atomic E-state index is -4.30. The van der Waals surface area contributed by atoms with Gasteiger partial charge in [0.1, 0.15) is 4.90 Å². The van der Waals surface area contributed by atoms with Crippen molar-refractivity contribution in [2.45, 2.75) is 4.90 Å². The van der Waals surface area contributed by atoms with Gasteiger partial charge in [-0.05, 0) is 12.1 Å². The summed E-state index contributed by atoms with van der Waals surface area (Å²) in [6, 6.07) is 3.82. The third-order valence-corrected chi connectivity index (χ3v) is 2.76. The molecule has 8 nitrogen and oxygen atoms in total. The number of nitrogens with zero attached hydrogens (tertiary/aromatic N) is 1. The number of rotatable bonds is 3. The highest BCUT2D eigenvalue weighted by Crippen LogP contribution is 2.17. The van der Waals surface area contributed by atoms with Gasteiger partial charge in [-0.25, -0.2) is 4.79 Å². The highest BCUT2D eigenvalue weighted by Gasteiger charge is 2.19. The molecule has 1 amide bonds. The van der Waals surface area contributed by atoms with Crippen LogP contribution in [0.3, 0.4) is 0 Å². The van der Waals surface area contributed by atoms with E-state index >= 15 is 0 Å². The van der Waals surface area contributed by atoms with E-state index in [1.165, 1.54) is 0 Å². The number of carbonyl (C=O) groups is 1. The van der Waals surface area contributed by atoms with Gasteiger partial charge in [-0.2, -0.15) is 8.42 Å². The maximum Gasteiger partial charge on any atom is 0.420 e. The molecule has 0 saturated heterocycles. The number of nitro groups is 1. The van der Waals surface area contributed by atoms with Gasteiger partial charge in [0.2, 0.25) is 0 Å². The van der Waals surface area contributed by atoms with Gasteiger partial charge in [0.05, 0.1) is 4.92 Å². The Morgan fingerprint density at radius 1 is 1.31 bits per heavy atom. The van der Waals surface area contributed by atoms with Crippen LogP contribution in [0.15, 0.2) is 29.2 Å². The monoisotopic (exact) mass is 246 g/mol. The van der Waals surface area contributed by atoms with Gasteiger partial charge in [-0.15, -0.1) is 0 Å². The first-order valence-corrected chi connectivity index (χ1v) is 5.22. The second-order valence-corrected chi connectivity index (χ2v) is 4.15. The molecular formula is C7H6N2O6S. The summed E-state index contributed by atoms with van der Waals surface area (Å²) in [7, 11) is -4.30. The van der Waals surface area contributed by atoms with E-state index in [0.717, 1.165) is 24.3 Å². The average molecular weight is 246 g/mol. The molecule has 0 bridgehead atoms. The lowest BCUT2D eigenvalue weighted by Gasteiger charge is -2.01. The number of nitrogens with two attached hydrogens (primary N) is 1. The molecule has 16 heavy (non-hydrogen) atoms. The van der Waals surface area contributed by atoms with Crippen LogP contribution in [0.2, 0.25) is 0 Å². The number of hydrogen-bond donors (Lipinski definition) is 1. The summed E-state index contributed by atoms with van der Waals surface area (Å²) in [5.41, 5.74) is 4.27. The lowest BCUT2D eigenvalue weighted by Crippen LogP contribution is -2.18. The Labute approximate surface area is 89.9 Å². The Morgan fingerprint density at radius 3 is 2.19 bits per heavy atom. The van der Waals surface area contributed by atoms with E-state index in [1.807, 2.05) is 0 Å². The number of carbonyl (C=O) groups excluding carboxylic acids is 1. The third-order valence-electron chi connectivity index (χ3n) is 1.53. The van der Waals surface area contributed by atoms with Crippen molar-refractivity contribution in [3.8, 4) is 0 Å². The van der Waals surface area contributed by atoms with Crippen molar-refractivity contribution in [1.82, 2.24) is 0 Å². The van der Waals surface area contributed by atoms with Crippen molar-refractivity contribution in [1.29, 1.82) is 0 Å². The minimum absolute atomic E-state index is 0.280. The molecule has 0 radical (unpaired) electrons. The first-order chi connectivity index (χ1) is 7.33. The summed E-state index contributed by atoms with van der Waals surface area (Å²) in [6.07, 6.45) is -1.47. The van der Waals surface area contributed by atoms with E-state index in [2.05, 4.69) is 9.92 Å². The topological polar surface area (TPSA) is 130 Å². The molecule has 0 saturated carbocycles. The van der Waals surface area contributed by atoms with E-state index in [1.54, 1.807) is 0 Å². The molecule has 0 spiro atoms. The van der Waals surface area contributed by atoms with E-state index in [0.29, 0.717) is 0 Å². The normalized spacial score (nSPS) is 10.8. The largest absolute Gasteiger partial charge is 0.420 e. The van der Waals surface area contributed by atoms with Gasteiger partial charge >= 0.3 is 16.2 Å². The molecule has 0 fully saturated rings. The van der Waals surface area contributed by atoms with Gasteiger partial charge in [-0.1, -0.05) is 0 Å². The van der Waals surface area contributed by atoms with E-state index in [4.69, 9.17) is 0 Å². The predicted molar refractivity (Wildman–Crippen MR) is 51.0 cm³/mol. The van der Waals surface area contributed by atoms with Gasteiger partial charge in [0.25, 0.3) is 5.69 Å². The zero-order chi connectivity index (χ0) is 12.3. The number of primary amides is 1. The summed E-state index contributed by atoms with van der Waals surface area (Å²) in [5, 5.41) is 10.3. The zero-order valence-corrected chi connectivity index (χ0v) is 8.51. The van der Waals surface area contributed by atoms with Gasteiger partial charge in [0.15, 0.2) is 0 Å². The molecule has 1 aromatic rings. The van der Waals surface area contributed by atoms with Crippen LogP contribution in [0, 0.1) is 10.1 Å². The summed E-state index contributed by atoms with van der Waals surface area (Å²) in [6.45, 7) is 0. The van der Waals surface area contributed by atoms with Crippen molar-refractivity contribution in [2.24, 2.45) is 5.73 Å².